The molecule has 1 saturated heterocycles. The molecule has 3 aromatic rings. The third-order valence-electron chi connectivity index (χ3n) is 6.74. The maximum Gasteiger partial charge on any atom is 0.411 e. The summed E-state index contributed by atoms with van der Waals surface area (Å²) in [5.41, 5.74) is 4.13. The van der Waals surface area contributed by atoms with E-state index < -0.39 is 5.60 Å². The number of anilines is 2. The van der Waals surface area contributed by atoms with E-state index >= 15 is 0 Å². The summed E-state index contributed by atoms with van der Waals surface area (Å²) < 4.78 is 11.1. The number of methoxy groups -OCH3 is 1. The minimum absolute atomic E-state index is 0.173. The first-order chi connectivity index (χ1) is 19.2. The lowest BCUT2D eigenvalue weighted by Crippen LogP contribution is -2.39. The lowest BCUT2D eigenvalue weighted by atomic mass is 10.0. The Labute approximate surface area is 238 Å². The monoisotopic (exact) mass is 561 g/mol. The summed E-state index contributed by atoms with van der Waals surface area (Å²) in [6.07, 6.45) is 5.29. The Bertz CT molecular complexity index is 1510. The summed E-state index contributed by atoms with van der Waals surface area (Å²) in [5, 5.41) is 6.78. The van der Waals surface area contributed by atoms with E-state index in [1.54, 1.807) is 30.5 Å². The predicted molar refractivity (Wildman–Crippen MR) is 154 cm³/mol. The number of likely N-dealkylation sites (tertiary alicyclic amines) is 1. The number of halogens is 1. The molecule has 40 heavy (non-hydrogen) atoms. The second-order valence-electron chi connectivity index (χ2n) is 10.7. The Morgan fingerprint density at radius 2 is 2.10 bits per heavy atom. The van der Waals surface area contributed by atoms with Crippen molar-refractivity contribution in [3.05, 3.63) is 58.5 Å². The van der Waals surface area contributed by atoms with Crippen molar-refractivity contribution in [1.29, 1.82) is 0 Å². The van der Waals surface area contributed by atoms with Crippen LogP contribution in [0.15, 0.2) is 36.7 Å². The van der Waals surface area contributed by atoms with Gasteiger partial charge in [0.15, 0.2) is 5.75 Å². The standard InChI is InChI=1S/C30H32ClN5O4/c1-30(2,3)40-29(38)36-16-6-7-19(36)11-10-18-17-32-14-12-20(18)25-26(24-22(34-25)13-15-33-28(24)37)35-23-9-5-8-21(31)27(23)39-4/h5,8-9,12,14,17,19,34-35H,6-7,13,15-16H2,1-4H3,(H,33,37)/t19-/m1/s1. The topological polar surface area (TPSA) is 109 Å². The van der Waals surface area contributed by atoms with Crippen LogP contribution in [0.4, 0.5) is 16.2 Å². The number of nitrogens with one attached hydrogen (secondary N) is 3. The van der Waals surface area contributed by atoms with Gasteiger partial charge in [0.2, 0.25) is 0 Å². The van der Waals surface area contributed by atoms with E-state index in [9.17, 15) is 9.59 Å². The van der Waals surface area contributed by atoms with Crippen molar-refractivity contribution in [2.75, 3.05) is 25.5 Å². The van der Waals surface area contributed by atoms with Crippen molar-refractivity contribution >= 4 is 35.0 Å². The van der Waals surface area contributed by atoms with Crippen LogP contribution in [0.3, 0.4) is 0 Å². The number of nitrogens with zero attached hydrogens (tertiary/aromatic N) is 2. The molecule has 10 heteroatoms. The molecule has 2 aliphatic heterocycles. The highest BCUT2D eigenvalue weighted by Crippen LogP contribution is 2.41. The molecule has 2 aliphatic rings. The van der Waals surface area contributed by atoms with Gasteiger partial charge in [0, 0.05) is 43.2 Å². The molecule has 0 spiro atoms. The highest BCUT2D eigenvalue weighted by Gasteiger charge is 2.32. The van der Waals surface area contributed by atoms with Crippen LogP contribution in [0.2, 0.25) is 5.02 Å². The van der Waals surface area contributed by atoms with Crippen LogP contribution in [0, 0.1) is 11.8 Å². The fraction of sp³-hybridized carbons (Fsp3) is 0.367. The fourth-order valence-corrected chi connectivity index (χ4v) is 5.24. The van der Waals surface area contributed by atoms with Crippen molar-refractivity contribution < 1.29 is 19.1 Å². The Balaban J connectivity index is 1.55. The number of carbonyl (C=O) groups excluding carboxylic acids is 2. The number of amides is 2. The Morgan fingerprint density at radius 1 is 1.27 bits per heavy atom. The van der Waals surface area contributed by atoms with Crippen molar-refractivity contribution in [2.45, 2.75) is 51.7 Å². The van der Waals surface area contributed by atoms with Gasteiger partial charge in [-0.2, -0.15) is 0 Å². The highest BCUT2D eigenvalue weighted by atomic mass is 35.5. The minimum Gasteiger partial charge on any atom is -0.493 e. The van der Waals surface area contributed by atoms with Gasteiger partial charge in [0.1, 0.15) is 5.60 Å². The molecule has 1 atom stereocenters. The van der Waals surface area contributed by atoms with Gasteiger partial charge < -0.3 is 25.1 Å². The van der Waals surface area contributed by atoms with Crippen LogP contribution in [-0.4, -0.2) is 58.7 Å². The molecule has 9 nitrogen and oxygen atoms in total. The number of para-hydroxylation sites is 1. The number of ether oxygens (including phenoxy) is 2. The van der Waals surface area contributed by atoms with Gasteiger partial charge >= 0.3 is 6.09 Å². The summed E-state index contributed by atoms with van der Waals surface area (Å²) in [6, 6.07) is 6.99. The molecule has 4 heterocycles. The van der Waals surface area contributed by atoms with Gasteiger partial charge in [-0.15, -0.1) is 0 Å². The maximum absolute atomic E-state index is 13.0. The molecule has 0 radical (unpaired) electrons. The van der Waals surface area contributed by atoms with Crippen molar-refractivity contribution in [3.63, 3.8) is 0 Å². The smallest absolute Gasteiger partial charge is 0.411 e. The van der Waals surface area contributed by atoms with Gasteiger partial charge in [-0.3, -0.25) is 14.7 Å². The van der Waals surface area contributed by atoms with E-state index in [4.69, 9.17) is 21.1 Å². The van der Waals surface area contributed by atoms with Crippen LogP contribution in [0.1, 0.15) is 55.2 Å². The Hall–Kier alpha value is -4.16. The zero-order chi connectivity index (χ0) is 28.4. The molecule has 0 saturated carbocycles. The molecule has 208 valence electrons. The van der Waals surface area contributed by atoms with Gasteiger partial charge in [0.05, 0.1) is 46.4 Å². The molecule has 1 aromatic carbocycles. The third-order valence-corrected chi connectivity index (χ3v) is 7.04. The second-order valence-corrected chi connectivity index (χ2v) is 11.1. The number of H-pyrrole nitrogens is 1. The first kappa shape index (κ1) is 27.4. The van der Waals surface area contributed by atoms with E-state index in [2.05, 4.69) is 32.4 Å². The number of hydrogen-bond acceptors (Lipinski definition) is 6. The summed E-state index contributed by atoms with van der Waals surface area (Å²) >= 11 is 6.38. The van der Waals surface area contributed by atoms with E-state index in [1.165, 1.54) is 0 Å². The van der Waals surface area contributed by atoms with Gasteiger partial charge in [0.25, 0.3) is 5.91 Å². The van der Waals surface area contributed by atoms with Crippen LogP contribution in [0.5, 0.6) is 5.75 Å². The number of pyridine rings is 1. The quantitative estimate of drug-likeness (QED) is 0.362. The van der Waals surface area contributed by atoms with E-state index in [-0.39, 0.29) is 18.0 Å². The number of hydrogen-bond donors (Lipinski definition) is 3. The molecule has 0 unspecified atom stereocenters. The van der Waals surface area contributed by atoms with E-state index in [0.717, 1.165) is 24.1 Å². The Kier molecular flexibility index (Phi) is 7.63. The highest BCUT2D eigenvalue weighted by molar-refractivity contribution is 6.32. The molecule has 5 rings (SSSR count). The number of benzene rings is 1. The zero-order valence-corrected chi connectivity index (χ0v) is 23.7. The summed E-state index contributed by atoms with van der Waals surface area (Å²) in [5.74, 6) is 6.83. The molecular weight excluding hydrogens is 530 g/mol. The minimum atomic E-state index is -0.581. The van der Waals surface area contributed by atoms with Crippen molar-refractivity contribution in [2.24, 2.45) is 0 Å². The number of carbonyl (C=O) groups is 2. The summed E-state index contributed by atoms with van der Waals surface area (Å²) in [7, 11) is 1.55. The zero-order valence-electron chi connectivity index (χ0n) is 23.0. The fourth-order valence-electron chi connectivity index (χ4n) is 4.98. The Morgan fingerprint density at radius 3 is 2.88 bits per heavy atom. The molecular formula is C30H32ClN5O4. The molecule has 2 aromatic heterocycles. The first-order valence-electron chi connectivity index (χ1n) is 13.2. The molecule has 0 bridgehead atoms. The van der Waals surface area contributed by atoms with E-state index in [1.807, 2.05) is 39.0 Å². The van der Waals surface area contributed by atoms with Crippen LogP contribution in [-0.2, 0) is 11.2 Å². The van der Waals surface area contributed by atoms with E-state index in [0.29, 0.717) is 58.5 Å². The predicted octanol–water partition coefficient (Wildman–Crippen LogP) is 5.52. The average Bonchev–Trinajstić information content (AvgIpc) is 3.52. The second kappa shape index (κ2) is 11.1. The summed E-state index contributed by atoms with van der Waals surface area (Å²) in [6.45, 7) is 6.69. The van der Waals surface area contributed by atoms with Crippen LogP contribution in [0.25, 0.3) is 11.3 Å². The normalized spacial score (nSPS) is 16.5. The third kappa shape index (κ3) is 5.58. The molecule has 0 aliphatic carbocycles. The lowest BCUT2D eigenvalue weighted by molar-refractivity contribution is 0.0261. The lowest BCUT2D eigenvalue weighted by Gasteiger charge is -2.26. The molecule has 1 fully saturated rings. The van der Waals surface area contributed by atoms with Gasteiger partial charge in [-0.25, -0.2) is 4.79 Å². The van der Waals surface area contributed by atoms with Crippen LogP contribution < -0.4 is 15.4 Å². The van der Waals surface area contributed by atoms with Crippen molar-refractivity contribution in [3.8, 4) is 28.8 Å². The first-order valence-corrected chi connectivity index (χ1v) is 13.6. The van der Waals surface area contributed by atoms with Crippen LogP contribution >= 0.6 is 11.6 Å². The maximum atomic E-state index is 13.0. The SMILES string of the molecule is COc1c(Cl)cccc1Nc1c(-c2ccncc2C#C[C@H]2CCCN2C(=O)OC(C)(C)C)[nH]c2c1C(=O)NCC2. The summed E-state index contributed by atoms with van der Waals surface area (Å²) in [4.78, 5) is 35.2. The van der Waals surface area contributed by atoms with Crippen molar-refractivity contribution in [1.82, 2.24) is 20.2 Å². The number of rotatable bonds is 4. The van der Waals surface area contributed by atoms with Gasteiger partial charge in [-0.05, 0) is 51.8 Å². The van der Waals surface area contributed by atoms with Gasteiger partial charge in [-0.1, -0.05) is 29.5 Å². The largest absolute Gasteiger partial charge is 0.493 e. The number of fused-ring (bicyclic) bond motifs is 1. The molecule has 3 N–H and O–H groups in total. The average molecular weight is 562 g/mol. The number of aromatic amines is 1. The molecule has 2 amide bonds. The number of aromatic nitrogens is 2.